The first-order valence-corrected chi connectivity index (χ1v) is 17.9. The van der Waals surface area contributed by atoms with Crippen LogP contribution in [0, 0.1) is 10.1 Å². The molecule has 1 atom stereocenters. The predicted molar refractivity (Wildman–Crippen MR) is 187 cm³/mol. The second-order valence-electron chi connectivity index (χ2n) is 9.72. The quantitative estimate of drug-likeness (QED) is 0.0504. The summed E-state index contributed by atoms with van der Waals surface area (Å²) < 4.78 is 6.71. The molecule has 0 aromatic heterocycles. The fraction of sp³-hybridized carbons (Fsp3) is 0.152. The Morgan fingerprint density at radius 1 is 0.909 bits per heavy atom. The Bertz CT molecular complexity index is 1620. The van der Waals surface area contributed by atoms with Crippen molar-refractivity contribution in [3.63, 3.8) is 0 Å². The Morgan fingerprint density at radius 2 is 1.41 bits per heavy atom. The van der Waals surface area contributed by atoms with Gasteiger partial charge in [-0.15, -0.1) is 11.8 Å². The first-order valence-electron chi connectivity index (χ1n) is 13.9. The van der Waals surface area contributed by atoms with Gasteiger partial charge < -0.3 is 4.74 Å². The molecule has 0 radical (unpaired) electrons. The van der Waals surface area contributed by atoms with Crippen LogP contribution in [0.1, 0.15) is 18.9 Å². The molecule has 1 unspecified atom stereocenters. The maximum absolute atomic E-state index is 14.6. The van der Waals surface area contributed by atoms with Crippen LogP contribution < -0.4 is 15.9 Å². The largest absolute Gasteiger partial charge is 0.456 e. The lowest BCUT2D eigenvalue weighted by molar-refractivity contribution is -0.384. The topological polar surface area (TPSA) is 89.8 Å². The predicted octanol–water partition coefficient (Wildman–Crippen LogP) is 6.09. The van der Waals surface area contributed by atoms with Crippen molar-refractivity contribution < 1.29 is 19.2 Å². The zero-order valence-electron chi connectivity index (χ0n) is 23.8. The number of ether oxygens (including phenoxy) is 1. The van der Waals surface area contributed by atoms with Gasteiger partial charge in [-0.2, -0.15) is 0 Å². The highest BCUT2D eigenvalue weighted by molar-refractivity contribution is 8.47. The van der Waals surface area contributed by atoms with Gasteiger partial charge in [0, 0.05) is 19.0 Å². The summed E-state index contributed by atoms with van der Waals surface area (Å²) in [6, 6.07) is 35.3. The molecular formula is C33H29N2O5PS3. The fourth-order valence-electron chi connectivity index (χ4n) is 5.09. The van der Waals surface area contributed by atoms with Crippen molar-refractivity contribution in [1.82, 2.24) is 4.90 Å². The van der Waals surface area contributed by atoms with E-state index in [0.717, 1.165) is 21.7 Å². The minimum atomic E-state index is -3.02. The monoisotopic (exact) mass is 660 g/mol. The minimum absolute atomic E-state index is 0.0542. The first-order chi connectivity index (χ1) is 21.4. The summed E-state index contributed by atoms with van der Waals surface area (Å²) >= 11 is 8.56. The summed E-state index contributed by atoms with van der Waals surface area (Å²) in [5, 5.41) is 13.5. The molecule has 1 heterocycles. The lowest BCUT2D eigenvalue weighted by Gasteiger charge is -2.44. The zero-order valence-corrected chi connectivity index (χ0v) is 27.1. The van der Waals surface area contributed by atoms with Gasteiger partial charge in [-0.3, -0.25) is 19.8 Å². The molecule has 0 N–H and O–H groups in total. The average Bonchev–Trinajstić information content (AvgIpc) is 3.05. The standard InChI is InChI=1S/C33H29N2O5PS3/c1-2-43-33(42)44-30-22-29(36)34(30)31(32(37)40-23-24-18-20-25(21-19-24)35(38)39)41(26-12-6-3-7-13-26,27-14-8-4-9-15-27)28-16-10-5-11-17-28/h3-21,30H,2,22-23H2,1H3. The number of carbonyl (C=O) groups excluding carboxylic acids is 2. The number of β-lactam (4-membered cyclic amide) rings is 1. The smallest absolute Gasteiger partial charge is 0.356 e. The summed E-state index contributed by atoms with van der Waals surface area (Å²) in [6.07, 6.45) is 0.243. The van der Waals surface area contributed by atoms with E-state index in [1.807, 2.05) is 97.9 Å². The molecule has 0 bridgehead atoms. The summed E-state index contributed by atoms with van der Waals surface area (Å²) in [4.78, 5) is 40.5. The highest BCUT2D eigenvalue weighted by atomic mass is 32.2. The molecular weight excluding hydrogens is 632 g/mol. The molecule has 7 nitrogen and oxygen atoms in total. The SMILES string of the molecule is CCSC(=S)SC1CC(=O)N1C(C(=O)OCc1ccc([N+](=O)[O-])cc1)=P(c1ccccc1)(c1ccccc1)c1ccccc1. The van der Waals surface area contributed by atoms with Crippen LogP contribution in [0.25, 0.3) is 0 Å². The van der Waals surface area contributed by atoms with E-state index < -0.39 is 17.8 Å². The molecule has 4 aromatic carbocycles. The number of hydrogen-bond donors (Lipinski definition) is 0. The number of thioether (sulfide) groups is 2. The van der Waals surface area contributed by atoms with Crippen molar-refractivity contribution >= 4 is 85.1 Å². The number of benzene rings is 4. The Balaban J connectivity index is 1.76. The number of nitro benzene ring substituents is 1. The van der Waals surface area contributed by atoms with Gasteiger partial charge in [-0.1, -0.05) is 122 Å². The molecule has 224 valence electrons. The summed E-state index contributed by atoms with van der Waals surface area (Å²) in [5.74, 6) is -0.00258. The van der Waals surface area contributed by atoms with Crippen LogP contribution in [-0.2, 0) is 20.9 Å². The van der Waals surface area contributed by atoms with E-state index in [0.29, 0.717) is 9.09 Å². The van der Waals surface area contributed by atoms with Crippen LogP contribution in [-0.4, -0.2) is 41.8 Å². The number of non-ortho nitro benzene ring substituents is 1. The Morgan fingerprint density at radius 3 is 1.84 bits per heavy atom. The van der Waals surface area contributed by atoms with Crippen molar-refractivity contribution in [1.29, 1.82) is 0 Å². The van der Waals surface area contributed by atoms with Gasteiger partial charge in [0.05, 0.1) is 16.7 Å². The number of likely N-dealkylation sites (tertiary alicyclic amines) is 1. The Kier molecular flexibility index (Phi) is 10.4. The van der Waals surface area contributed by atoms with Gasteiger partial charge in [-0.25, -0.2) is 4.79 Å². The molecule has 44 heavy (non-hydrogen) atoms. The van der Waals surface area contributed by atoms with E-state index in [9.17, 15) is 19.7 Å². The first kappa shape index (κ1) is 31.7. The third-order valence-corrected chi connectivity index (χ3v) is 14.0. The molecule has 1 fully saturated rings. The number of amides is 1. The van der Waals surface area contributed by atoms with Gasteiger partial charge in [0.2, 0.25) is 5.91 Å². The molecule has 5 rings (SSSR count). The summed E-state index contributed by atoms with van der Waals surface area (Å²) in [6.45, 7) is -1.13. The average molecular weight is 661 g/mol. The third kappa shape index (κ3) is 6.54. The third-order valence-electron chi connectivity index (χ3n) is 7.08. The van der Waals surface area contributed by atoms with Crippen LogP contribution in [0.3, 0.4) is 0 Å². The van der Waals surface area contributed by atoms with Gasteiger partial charge in [0.1, 0.15) is 15.6 Å². The normalized spacial score (nSPS) is 14.4. The lowest BCUT2D eigenvalue weighted by Crippen LogP contribution is -2.58. The van der Waals surface area contributed by atoms with E-state index in [1.165, 1.54) is 35.7 Å². The number of nitrogens with zero attached hydrogens (tertiary/aromatic N) is 2. The van der Waals surface area contributed by atoms with Crippen molar-refractivity contribution in [3.8, 4) is 0 Å². The molecule has 1 aliphatic rings. The van der Waals surface area contributed by atoms with Gasteiger partial charge in [-0.05, 0) is 39.4 Å². The number of hydrogen-bond acceptors (Lipinski definition) is 8. The highest BCUT2D eigenvalue weighted by Gasteiger charge is 2.47. The van der Waals surface area contributed by atoms with E-state index >= 15 is 0 Å². The Hall–Kier alpha value is -3.69. The second-order valence-corrected chi connectivity index (χ2v) is 16.7. The van der Waals surface area contributed by atoms with Crippen molar-refractivity contribution in [2.24, 2.45) is 0 Å². The Labute approximate surface area is 270 Å². The molecule has 0 spiro atoms. The highest BCUT2D eigenvalue weighted by Crippen LogP contribution is 2.50. The van der Waals surface area contributed by atoms with Crippen molar-refractivity contribution in [2.75, 3.05) is 5.75 Å². The summed E-state index contributed by atoms with van der Waals surface area (Å²) in [5.41, 5.74) is 0.815. The van der Waals surface area contributed by atoms with Crippen LogP contribution >= 0.6 is 42.6 Å². The van der Waals surface area contributed by atoms with Gasteiger partial charge in [0.25, 0.3) is 5.69 Å². The van der Waals surface area contributed by atoms with Crippen molar-refractivity contribution in [2.45, 2.75) is 25.3 Å². The molecule has 0 aliphatic carbocycles. The van der Waals surface area contributed by atoms with E-state index in [2.05, 4.69) is 0 Å². The summed E-state index contributed by atoms with van der Waals surface area (Å²) in [7, 11) is 0. The number of rotatable bonds is 10. The fourth-order valence-corrected chi connectivity index (χ4v) is 12.2. The van der Waals surface area contributed by atoms with Crippen LogP contribution in [0.5, 0.6) is 0 Å². The van der Waals surface area contributed by atoms with Crippen LogP contribution in [0.4, 0.5) is 5.69 Å². The van der Waals surface area contributed by atoms with Crippen molar-refractivity contribution in [3.05, 3.63) is 131 Å². The van der Waals surface area contributed by atoms with Crippen LogP contribution in [0.15, 0.2) is 115 Å². The van der Waals surface area contributed by atoms with Gasteiger partial charge >= 0.3 is 5.97 Å². The van der Waals surface area contributed by atoms with E-state index in [1.54, 1.807) is 17.0 Å². The molecule has 1 saturated heterocycles. The maximum atomic E-state index is 14.6. The van der Waals surface area contributed by atoms with E-state index in [4.69, 9.17) is 17.0 Å². The minimum Gasteiger partial charge on any atom is -0.456 e. The van der Waals surface area contributed by atoms with Gasteiger partial charge in [0.15, 0.2) is 0 Å². The molecule has 1 aliphatic heterocycles. The molecule has 0 saturated carbocycles. The maximum Gasteiger partial charge on any atom is 0.356 e. The number of esters is 1. The lowest BCUT2D eigenvalue weighted by atomic mass is 10.2. The number of nitro groups is 1. The molecule has 4 aromatic rings. The zero-order chi connectivity index (χ0) is 31.1. The molecule has 11 heteroatoms. The molecule has 1 amide bonds. The number of carbonyl (C=O) groups is 2. The second kappa shape index (κ2) is 14.4. The van der Waals surface area contributed by atoms with E-state index in [-0.39, 0.29) is 35.4 Å². The van der Waals surface area contributed by atoms with Crippen LogP contribution in [0.2, 0.25) is 0 Å². The number of thiocarbonyl (C=S) groups is 1.